The first-order chi connectivity index (χ1) is 10.1. The Balaban J connectivity index is 2.05. The highest BCUT2D eigenvalue weighted by Crippen LogP contribution is 2.26. The van der Waals surface area contributed by atoms with Gasteiger partial charge in [-0.3, -0.25) is 0 Å². The van der Waals surface area contributed by atoms with Crippen molar-refractivity contribution in [1.82, 2.24) is 14.6 Å². The van der Waals surface area contributed by atoms with E-state index in [-0.39, 0.29) is 6.61 Å². The van der Waals surface area contributed by atoms with Crippen molar-refractivity contribution in [3.63, 3.8) is 0 Å². The maximum absolute atomic E-state index is 9.88. The van der Waals surface area contributed by atoms with Crippen molar-refractivity contribution in [2.75, 3.05) is 11.9 Å². The van der Waals surface area contributed by atoms with E-state index in [2.05, 4.69) is 15.4 Å². The van der Waals surface area contributed by atoms with Gasteiger partial charge in [-0.25, -0.2) is 4.98 Å². The van der Waals surface area contributed by atoms with E-state index in [9.17, 15) is 5.11 Å². The van der Waals surface area contributed by atoms with Crippen LogP contribution in [0.5, 0.6) is 0 Å². The van der Waals surface area contributed by atoms with E-state index in [1.807, 2.05) is 56.3 Å². The fraction of sp³-hybridized carbons (Fsp3) is 0.250. The Bertz CT molecular complexity index is 753. The molecule has 1 aromatic carbocycles. The van der Waals surface area contributed by atoms with Crippen LogP contribution in [0.3, 0.4) is 0 Å². The molecule has 0 bridgehead atoms. The third-order valence-electron chi connectivity index (χ3n) is 3.65. The number of benzene rings is 1. The zero-order valence-electron chi connectivity index (χ0n) is 12.1. The van der Waals surface area contributed by atoms with Gasteiger partial charge >= 0.3 is 0 Å². The van der Waals surface area contributed by atoms with Crippen LogP contribution in [0.2, 0.25) is 0 Å². The standard InChI is InChI=1S/C16H18N4O/c1-12-8-14-17-11-18-20(14)15(9-12)19-16(2,10-21)13-6-4-3-5-7-13/h3-9,11,19,21H,10H2,1-2H3. The first kappa shape index (κ1) is 13.6. The number of hydrogen-bond acceptors (Lipinski definition) is 4. The van der Waals surface area contributed by atoms with Gasteiger partial charge in [-0.15, -0.1) is 0 Å². The third-order valence-corrected chi connectivity index (χ3v) is 3.65. The molecule has 2 aromatic heterocycles. The van der Waals surface area contributed by atoms with Gasteiger partial charge in [-0.2, -0.15) is 9.61 Å². The van der Waals surface area contributed by atoms with Gasteiger partial charge in [0.25, 0.3) is 0 Å². The van der Waals surface area contributed by atoms with Gasteiger partial charge < -0.3 is 10.4 Å². The number of pyridine rings is 1. The van der Waals surface area contributed by atoms with E-state index < -0.39 is 5.54 Å². The molecule has 3 rings (SSSR count). The van der Waals surface area contributed by atoms with Gasteiger partial charge in [0.15, 0.2) is 5.65 Å². The van der Waals surface area contributed by atoms with Crippen molar-refractivity contribution >= 4 is 11.5 Å². The number of aryl methyl sites for hydroxylation is 1. The molecule has 0 amide bonds. The first-order valence-electron chi connectivity index (χ1n) is 6.87. The van der Waals surface area contributed by atoms with Crippen molar-refractivity contribution in [2.45, 2.75) is 19.4 Å². The lowest BCUT2D eigenvalue weighted by molar-refractivity contribution is 0.223. The minimum atomic E-state index is -0.589. The summed E-state index contributed by atoms with van der Waals surface area (Å²) in [6.45, 7) is 3.95. The molecule has 0 fully saturated rings. The fourth-order valence-electron chi connectivity index (χ4n) is 2.44. The highest BCUT2D eigenvalue weighted by Gasteiger charge is 2.26. The van der Waals surface area contributed by atoms with Gasteiger partial charge in [0.1, 0.15) is 12.1 Å². The largest absolute Gasteiger partial charge is 0.394 e. The second kappa shape index (κ2) is 5.18. The van der Waals surface area contributed by atoms with E-state index in [1.165, 1.54) is 6.33 Å². The van der Waals surface area contributed by atoms with Crippen LogP contribution >= 0.6 is 0 Å². The Morgan fingerprint density at radius 1 is 1.24 bits per heavy atom. The molecule has 0 aliphatic heterocycles. The summed E-state index contributed by atoms with van der Waals surface area (Å²) in [5, 5.41) is 17.5. The topological polar surface area (TPSA) is 62.5 Å². The van der Waals surface area contributed by atoms with Crippen molar-refractivity contribution in [1.29, 1.82) is 0 Å². The summed E-state index contributed by atoms with van der Waals surface area (Å²) in [4.78, 5) is 4.22. The lowest BCUT2D eigenvalue weighted by Crippen LogP contribution is -2.36. The summed E-state index contributed by atoms with van der Waals surface area (Å²) in [5.74, 6) is 0.808. The molecule has 1 unspecified atom stereocenters. The number of anilines is 1. The summed E-state index contributed by atoms with van der Waals surface area (Å²) in [7, 11) is 0. The maximum Gasteiger partial charge on any atom is 0.157 e. The minimum Gasteiger partial charge on any atom is -0.394 e. The van der Waals surface area contributed by atoms with Gasteiger partial charge in [0, 0.05) is 0 Å². The lowest BCUT2D eigenvalue weighted by Gasteiger charge is -2.30. The van der Waals surface area contributed by atoms with Crippen LogP contribution in [-0.4, -0.2) is 26.3 Å². The highest BCUT2D eigenvalue weighted by molar-refractivity contribution is 5.53. The van der Waals surface area contributed by atoms with E-state index in [4.69, 9.17) is 0 Å². The monoisotopic (exact) mass is 282 g/mol. The highest BCUT2D eigenvalue weighted by atomic mass is 16.3. The van der Waals surface area contributed by atoms with Crippen LogP contribution in [0.25, 0.3) is 5.65 Å². The summed E-state index contributed by atoms with van der Waals surface area (Å²) < 4.78 is 1.74. The van der Waals surface area contributed by atoms with E-state index in [1.54, 1.807) is 4.52 Å². The van der Waals surface area contributed by atoms with E-state index >= 15 is 0 Å². The summed E-state index contributed by atoms with van der Waals surface area (Å²) in [6.07, 6.45) is 1.53. The Labute approximate surface area is 123 Å². The van der Waals surface area contributed by atoms with Gasteiger partial charge in [0.05, 0.1) is 12.1 Å². The second-order valence-corrected chi connectivity index (χ2v) is 5.43. The average Bonchev–Trinajstić information content (AvgIpc) is 2.96. The maximum atomic E-state index is 9.88. The summed E-state index contributed by atoms with van der Waals surface area (Å²) in [6, 6.07) is 13.9. The molecule has 2 N–H and O–H groups in total. The quantitative estimate of drug-likeness (QED) is 0.771. The summed E-state index contributed by atoms with van der Waals surface area (Å²) >= 11 is 0. The number of fused-ring (bicyclic) bond motifs is 1. The third kappa shape index (κ3) is 2.48. The Kier molecular flexibility index (Phi) is 3.35. The predicted molar refractivity (Wildman–Crippen MR) is 82.2 cm³/mol. The molecule has 0 spiro atoms. The van der Waals surface area contributed by atoms with Crippen molar-refractivity contribution in [3.05, 3.63) is 59.9 Å². The normalized spacial score (nSPS) is 14.0. The molecule has 0 radical (unpaired) electrons. The number of nitrogens with one attached hydrogen (secondary N) is 1. The number of nitrogens with zero attached hydrogens (tertiary/aromatic N) is 3. The van der Waals surface area contributed by atoms with Crippen LogP contribution in [0, 0.1) is 6.92 Å². The van der Waals surface area contributed by atoms with Crippen molar-refractivity contribution in [3.8, 4) is 0 Å². The van der Waals surface area contributed by atoms with Crippen LogP contribution in [-0.2, 0) is 5.54 Å². The van der Waals surface area contributed by atoms with Crippen LogP contribution < -0.4 is 5.32 Å². The minimum absolute atomic E-state index is 0.0266. The van der Waals surface area contributed by atoms with Crippen molar-refractivity contribution < 1.29 is 5.11 Å². The molecular formula is C16H18N4O. The smallest absolute Gasteiger partial charge is 0.157 e. The number of rotatable bonds is 4. The molecule has 5 heteroatoms. The Morgan fingerprint density at radius 2 is 2.00 bits per heavy atom. The van der Waals surface area contributed by atoms with Gasteiger partial charge in [-0.05, 0) is 37.1 Å². The molecule has 0 aliphatic carbocycles. The molecule has 0 saturated heterocycles. The number of aliphatic hydroxyl groups is 1. The SMILES string of the molecule is Cc1cc(NC(C)(CO)c2ccccc2)n2ncnc2c1. The number of hydrogen-bond donors (Lipinski definition) is 2. The van der Waals surface area contributed by atoms with E-state index in [0.717, 1.165) is 22.6 Å². The number of aromatic nitrogens is 3. The first-order valence-corrected chi connectivity index (χ1v) is 6.87. The average molecular weight is 282 g/mol. The molecule has 0 aliphatic rings. The van der Waals surface area contributed by atoms with Crippen LogP contribution in [0.4, 0.5) is 5.82 Å². The predicted octanol–water partition coefficient (Wildman–Crippen LogP) is 2.36. The molecule has 2 heterocycles. The fourth-order valence-corrected chi connectivity index (χ4v) is 2.44. The Morgan fingerprint density at radius 3 is 2.71 bits per heavy atom. The van der Waals surface area contributed by atoms with Gasteiger partial charge in [-0.1, -0.05) is 30.3 Å². The molecule has 108 valence electrons. The number of aliphatic hydroxyl groups excluding tert-OH is 1. The molecule has 1 atom stereocenters. The molecule has 0 saturated carbocycles. The molecule has 21 heavy (non-hydrogen) atoms. The van der Waals surface area contributed by atoms with Crippen LogP contribution in [0.1, 0.15) is 18.1 Å². The Hall–Kier alpha value is -2.40. The summed E-state index contributed by atoms with van der Waals surface area (Å²) in [5.41, 5.74) is 2.30. The lowest BCUT2D eigenvalue weighted by atomic mass is 9.93. The molecule has 3 aromatic rings. The second-order valence-electron chi connectivity index (χ2n) is 5.43. The van der Waals surface area contributed by atoms with Crippen molar-refractivity contribution in [2.24, 2.45) is 0 Å². The zero-order chi connectivity index (χ0) is 14.9. The van der Waals surface area contributed by atoms with Gasteiger partial charge in [0.2, 0.25) is 0 Å². The molecular weight excluding hydrogens is 264 g/mol. The zero-order valence-corrected chi connectivity index (χ0v) is 12.1. The van der Waals surface area contributed by atoms with E-state index in [0.29, 0.717) is 0 Å². The molecule has 5 nitrogen and oxygen atoms in total. The van der Waals surface area contributed by atoms with Crippen LogP contribution in [0.15, 0.2) is 48.8 Å².